The highest BCUT2D eigenvalue weighted by Crippen LogP contribution is 2.33. The van der Waals surface area contributed by atoms with Crippen molar-refractivity contribution in [2.24, 2.45) is 0 Å². The maximum Gasteiger partial charge on any atom is 0.0491 e. The lowest BCUT2D eigenvalue weighted by molar-refractivity contribution is 0.293. The molecule has 0 saturated carbocycles. The van der Waals surface area contributed by atoms with E-state index < -0.39 is 0 Å². The van der Waals surface area contributed by atoms with Gasteiger partial charge in [0, 0.05) is 35.9 Å². The Morgan fingerprint density at radius 1 is 1.23 bits per heavy atom. The summed E-state index contributed by atoms with van der Waals surface area (Å²) in [6.45, 7) is 8.69. The van der Waals surface area contributed by atoms with Crippen molar-refractivity contribution in [2.75, 3.05) is 13.6 Å². The summed E-state index contributed by atoms with van der Waals surface area (Å²) < 4.78 is 0. The van der Waals surface area contributed by atoms with E-state index in [0.29, 0.717) is 5.92 Å². The van der Waals surface area contributed by atoms with Gasteiger partial charge in [0.2, 0.25) is 0 Å². The van der Waals surface area contributed by atoms with E-state index in [-0.39, 0.29) is 0 Å². The first-order valence-corrected chi connectivity index (χ1v) is 7.64. The lowest BCUT2D eigenvalue weighted by Gasteiger charge is -2.32. The molecule has 0 amide bonds. The number of aromatic nitrogens is 1. The number of fused-ring (bicyclic) bond motifs is 1. The zero-order chi connectivity index (χ0) is 15.9. The molecule has 2 heterocycles. The zero-order valence-electron chi connectivity index (χ0n) is 12.9. The average Bonchev–Trinajstić information content (AvgIpc) is 2.54. The molecule has 2 aromatic rings. The Bertz CT molecular complexity index is 631. The summed E-state index contributed by atoms with van der Waals surface area (Å²) >= 11 is 6.08. The molecule has 3 rings (SSSR count). The zero-order valence-corrected chi connectivity index (χ0v) is 13.6. The van der Waals surface area contributed by atoms with Crippen molar-refractivity contribution in [1.29, 1.82) is 0 Å². The van der Waals surface area contributed by atoms with Crippen LogP contribution in [0.25, 0.3) is 0 Å². The molecule has 0 spiro atoms. The molecule has 3 heteroatoms. The summed E-state index contributed by atoms with van der Waals surface area (Å²) in [5.41, 5.74) is 3.80. The summed E-state index contributed by atoms with van der Waals surface area (Å²) in [5, 5.41) is 0.809. The van der Waals surface area contributed by atoms with Crippen LogP contribution >= 0.6 is 11.6 Å². The second kappa shape index (κ2) is 7.92. The SMILES string of the molecule is C=CC=C.CN1Cc2cc(Cl)ccc2C(c2ccccn2)C1. The molecule has 1 unspecified atom stereocenters. The van der Waals surface area contributed by atoms with E-state index in [0.717, 1.165) is 23.8 Å². The van der Waals surface area contributed by atoms with Crippen molar-refractivity contribution < 1.29 is 0 Å². The van der Waals surface area contributed by atoms with E-state index in [1.54, 1.807) is 12.2 Å². The number of likely N-dealkylation sites (N-methyl/N-ethyl adjacent to an activating group) is 1. The number of nitrogens with zero attached hydrogens (tertiary/aromatic N) is 2. The molecule has 22 heavy (non-hydrogen) atoms. The van der Waals surface area contributed by atoms with E-state index >= 15 is 0 Å². The van der Waals surface area contributed by atoms with Crippen molar-refractivity contribution in [3.05, 3.63) is 89.7 Å². The number of rotatable bonds is 2. The Labute approximate surface area is 137 Å². The first-order chi connectivity index (χ1) is 10.7. The van der Waals surface area contributed by atoms with Gasteiger partial charge in [-0.05, 0) is 42.4 Å². The van der Waals surface area contributed by atoms with Crippen LogP contribution in [0.15, 0.2) is 67.9 Å². The summed E-state index contributed by atoms with van der Waals surface area (Å²) in [7, 11) is 2.14. The van der Waals surface area contributed by atoms with Crippen LogP contribution in [-0.4, -0.2) is 23.5 Å². The summed E-state index contributed by atoms with van der Waals surface area (Å²) in [6.07, 6.45) is 5.14. The van der Waals surface area contributed by atoms with E-state index in [1.165, 1.54) is 11.1 Å². The standard InChI is InChI=1S/C15H15ClN2.C4H6/c1-18-9-11-8-12(16)5-6-13(11)14(10-18)15-4-2-3-7-17-15;1-3-4-2/h2-8,14H,9-10H2,1H3;3-4H,1-2H2. The lowest BCUT2D eigenvalue weighted by atomic mass is 9.87. The first kappa shape index (κ1) is 16.5. The van der Waals surface area contributed by atoms with Crippen molar-refractivity contribution >= 4 is 11.6 Å². The second-order valence-corrected chi connectivity index (χ2v) is 5.75. The fraction of sp³-hybridized carbons (Fsp3) is 0.211. The molecule has 1 aromatic carbocycles. The van der Waals surface area contributed by atoms with Crippen molar-refractivity contribution in [2.45, 2.75) is 12.5 Å². The largest absolute Gasteiger partial charge is 0.301 e. The molecule has 1 aliphatic rings. The van der Waals surface area contributed by atoms with Crippen LogP contribution in [0.1, 0.15) is 22.7 Å². The molecule has 1 aromatic heterocycles. The Morgan fingerprint density at radius 3 is 2.64 bits per heavy atom. The molecule has 0 fully saturated rings. The van der Waals surface area contributed by atoms with Gasteiger partial charge in [0.05, 0.1) is 0 Å². The number of benzene rings is 1. The molecule has 0 radical (unpaired) electrons. The number of hydrogen-bond donors (Lipinski definition) is 0. The first-order valence-electron chi connectivity index (χ1n) is 7.27. The van der Waals surface area contributed by atoms with Gasteiger partial charge in [0.15, 0.2) is 0 Å². The lowest BCUT2D eigenvalue weighted by Crippen LogP contribution is -2.31. The van der Waals surface area contributed by atoms with Gasteiger partial charge in [-0.25, -0.2) is 0 Å². The van der Waals surface area contributed by atoms with E-state index in [1.807, 2.05) is 24.4 Å². The number of pyridine rings is 1. The second-order valence-electron chi connectivity index (χ2n) is 5.32. The third kappa shape index (κ3) is 4.06. The molecule has 1 aliphatic heterocycles. The normalized spacial score (nSPS) is 16.9. The quantitative estimate of drug-likeness (QED) is 0.749. The van der Waals surface area contributed by atoms with Crippen LogP contribution in [-0.2, 0) is 6.54 Å². The van der Waals surface area contributed by atoms with Crippen LogP contribution in [0.4, 0.5) is 0 Å². The summed E-state index contributed by atoms with van der Waals surface area (Å²) in [4.78, 5) is 6.82. The molecule has 0 bridgehead atoms. The Morgan fingerprint density at radius 2 is 2.00 bits per heavy atom. The van der Waals surface area contributed by atoms with E-state index in [2.05, 4.69) is 48.3 Å². The van der Waals surface area contributed by atoms with Gasteiger partial charge in [-0.15, -0.1) is 0 Å². The fourth-order valence-electron chi connectivity index (χ4n) is 2.65. The van der Waals surface area contributed by atoms with Gasteiger partial charge in [0.25, 0.3) is 0 Å². The highest BCUT2D eigenvalue weighted by Gasteiger charge is 2.25. The maximum absolute atomic E-state index is 6.08. The summed E-state index contributed by atoms with van der Waals surface area (Å²) in [5.74, 6) is 0.345. The third-order valence-corrected chi connectivity index (χ3v) is 3.86. The molecular weight excluding hydrogens is 292 g/mol. The van der Waals surface area contributed by atoms with Crippen LogP contribution in [0.2, 0.25) is 5.02 Å². The number of halogens is 1. The van der Waals surface area contributed by atoms with Gasteiger partial charge >= 0.3 is 0 Å². The maximum atomic E-state index is 6.08. The Balaban J connectivity index is 0.000000396. The summed E-state index contributed by atoms with van der Waals surface area (Å²) in [6, 6.07) is 12.3. The van der Waals surface area contributed by atoms with Gasteiger partial charge in [-0.2, -0.15) is 0 Å². The van der Waals surface area contributed by atoms with Crippen LogP contribution in [0, 0.1) is 0 Å². The number of allylic oxidation sites excluding steroid dienone is 2. The third-order valence-electron chi connectivity index (χ3n) is 3.63. The fourth-order valence-corrected chi connectivity index (χ4v) is 2.85. The molecule has 114 valence electrons. The van der Waals surface area contributed by atoms with Crippen LogP contribution < -0.4 is 0 Å². The smallest absolute Gasteiger partial charge is 0.0491 e. The van der Waals surface area contributed by atoms with Crippen molar-refractivity contribution in [1.82, 2.24) is 9.88 Å². The minimum atomic E-state index is 0.345. The van der Waals surface area contributed by atoms with E-state index in [4.69, 9.17) is 11.6 Å². The average molecular weight is 313 g/mol. The monoisotopic (exact) mass is 312 g/mol. The highest BCUT2D eigenvalue weighted by molar-refractivity contribution is 6.30. The van der Waals surface area contributed by atoms with Gasteiger partial charge in [-0.3, -0.25) is 4.98 Å². The molecule has 2 nitrogen and oxygen atoms in total. The van der Waals surface area contributed by atoms with E-state index in [9.17, 15) is 0 Å². The van der Waals surface area contributed by atoms with Crippen LogP contribution in [0.3, 0.4) is 0 Å². The number of hydrogen-bond acceptors (Lipinski definition) is 2. The van der Waals surface area contributed by atoms with Gasteiger partial charge < -0.3 is 4.90 Å². The molecule has 0 saturated heterocycles. The molecular formula is C19H21ClN2. The molecule has 1 atom stereocenters. The predicted molar refractivity (Wildman–Crippen MR) is 94.3 cm³/mol. The van der Waals surface area contributed by atoms with Crippen molar-refractivity contribution in [3.63, 3.8) is 0 Å². The minimum absolute atomic E-state index is 0.345. The van der Waals surface area contributed by atoms with Gasteiger partial charge in [0.1, 0.15) is 0 Å². The molecule has 0 aliphatic carbocycles. The van der Waals surface area contributed by atoms with Gasteiger partial charge in [-0.1, -0.05) is 49.0 Å². The predicted octanol–water partition coefficient (Wildman–Crippen LogP) is 4.67. The topological polar surface area (TPSA) is 16.1 Å². The Kier molecular flexibility index (Phi) is 5.93. The minimum Gasteiger partial charge on any atom is -0.301 e. The van der Waals surface area contributed by atoms with Crippen LogP contribution in [0.5, 0.6) is 0 Å². The molecule has 0 N–H and O–H groups in total. The Hall–Kier alpha value is -1.90. The van der Waals surface area contributed by atoms with Crippen molar-refractivity contribution in [3.8, 4) is 0 Å². The highest BCUT2D eigenvalue weighted by atomic mass is 35.5.